The highest BCUT2D eigenvalue weighted by molar-refractivity contribution is 5.69. The highest BCUT2D eigenvalue weighted by Crippen LogP contribution is 2.43. The van der Waals surface area contributed by atoms with Crippen molar-refractivity contribution in [3.63, 3.8) is 0 Å². The quantitative estimate of drug-likeness (QED) is 0.794. The van der Waals surface area contributed by atoms with Crippen molar-refractivity contribution in [2.75, 3.05) is 20.8 Å². The topological polar surface area (TPSA) is 91.0 Å². The number of methoxy groups -OCH3 is 2. The number of carbonyl (C=O) groups is 1. The largest absolute Gasteiger partial charge is 0.493 e. The molecule has 3 N–H and O–H groups in total. The highest BCUT2D eigenvalue weighted by Gasteiger charge is 2.30. The fraction of sp³-hybridized carbons (Fsp3) is 0.435. The third kappa shape index (κ3) is 4.65. The van der Waals surface area contributed by atoms with Crippen molar-refractivity contribution in [2.24, 2.45) is 5.73 Å². The van der Waals surface area contributed by atoms with Crippen molar-refractivity contribution in [3.8, 4) is 17.2 Å². The smallest absolute Gasteiger partial charge is 0.303 e. The number of carboxylic acid groups (broad SMARTS) is 1. The minimum atomic E-state index is -0.700. The molecular formula is C23H29NO5. The lowest BCUT2D eigenvalue weighted by atomic mass is 9.92. The van der Waals surface area contributed by atoms with Crippen LogP contribution in [0.25, 0.3) is 0 Å². The van der Waals surface area contributed by atoms with E-state index in [-0.39, 0.29) is 18.4 Å². The van der Waals surface area contributed by atoms with Crippen molar-refractivity contribution < 1.29 is 24.1 Å². The zero-order chi connectivity index (χ0) is 21.0. The van der Waals surface area contributed by atoms with Crippen LogP contribution in [0.3, 0.4) is 0 Å². The Hall–Kier alpha value is -2.73. The molecule has 0 radical (unpaired) electrons. The molecule has 0 amide bonds. The van der Waals surface area contributed by atoms with E-state index in [4.69, 9.17) is 25.1 Å². The second-order valence-electron chi connectivity index (χ2n) is 7.45. The molecule has 0 unspecified atom stereocenters. The maximum atomic E-state index is 10.8. The summed E-state index contributed by atoms with van der Waals surface area (Å²) in [4.78, 5) is 10.8. The number of rotatable bonds is 5. The minimum Gasteiger partial charge on any atom is -0.493 e. The Balaban J connectivity index is 0.000000170. The monoisotopic (exact) mass is 399 g/mol. The molecule has 2 aromatic rings. The number of aryl methyl sites for hydroxylation is 1. The summed E-state index contributed by atoms with van der Waals surface area (Å²) in [6.07, 6.45) is 3.18. The molecule has 156 valence electrons. The lowest BCUT2D eigenvalue weighted by Crippen LogP contribution is -2.05. The van der Waals surface area contributed by atoms with E-state index in [1.54, 1.807) is 14.2 Å². The molecule has 1 aliphatic carbocycles. The average Bonchev–Trinajstić information content (AvgIpc) is 3.34. The summed E-state index contributed by atoms with van der Waals surface area (Å²) in [5.41, 5.74) is 10.6. The van der Waals surface area contributed by atoms with Gasteiger partial charge < -0.3 is 25.1 Å². The van der Waals surface area contributed by atoms with Gasteiger partial charge >= 0.3 is 5.97 Å². The molecule has 6 nitrogen and oxygen atoms in total. The molecule has 2 aliphatic rings. The van der Waals surface area contributed by atoms with Crippen LogP contribution < -0.4 is 19.9 Å². The van der Waals surface area contributed by atoms with Gasteiger partial charge in [0.1, 0.15) is 5.75 Å². The Bertz CT molecular complexity index is 878. The van der Waals surface area contributed by atoms with Gasteiger partial charge in [-0.25, -0.2) is 0 Å². The predicted octanol–water partition coefficient (Wildman–Crippen LogP) is 3.85. The predicted molar refractivity (Wildman–Crippen MR) is 111 cm³/mol. The first kappa shape index (κ1) is 21.0. The summed E-state index contributed by atoms with van der Waals surface area (Å²) in [7, 11) is 3.23. The van der Waals surface area contributed by atoms with Crippen molar-refractivity contribution >= 4 is 5.97 Å². The van der Waals surface area contributed by atoms with E-state index in [0.29, 0.717) is 0 Å². The third-order valence-electron chi connectivity index (χ3n) is 5.54. The van der Waals surface area contributed by atoms with Crippen LogP contribution in [-0.4, -0.2) is 31.9 Å². The molecule has 6 heteroatoms. The Labute approximate surface area is 171 Å². The molecule has 0 saturated heterocycles. The van der Waals surface area contributed by atoms with E-state index in [9.17, 15) is 4.79 Å². The first-order chi connectivity index (χ1) is 13.9. The van der Waals surface area contributed by atoms with Crippen LogP contribution in [0.2, 0.25) is 0 Å². The Morgan fingerprint density at radius 3 is 2.62 bits per heavy atom. The summed E-state index contributed by atoms with van der Waals surface area (Å²) in [5.74, 6) is 1.92. The highest BCUT2D eigenvalue weighted by atomic mass is 16.5. The number of benzene rings is 2. The second kappa shape index (κ2) is 9.18. The first-order valence-electron chi connectivity index (χ1n) is 9.91. The molecular weight excluding hydrogens is 370 g/mol. The first-order valence-corrected chi connectivity index (χ1v) is 9.91. The molecule has 2 atom stereocenters. The van der Waals surface area contributed by atoms with E-state index in [0.717, 1.165) is 48.7 Å². The minimum absolute atomic E-state index is 0.0137. The van der Waals surface area contributed by atoms with Crippen molar-refractivity contribution in [2.45, 2.75) is 44.6 Å². The van der Waals surface area contributed by atoms with Crippen LogP contribution in [-0.2, 0) is 17.6 Å². The van der Waals surface area contributed by atoms with Crippen molar-refractivity contribution in [1.29, 1.82) is 0 Å². The van der Waals surface area contributed by atoms with Crippen LogP contribution in [0.5, 0.6) is 17.2 Å². The zero-order valence-corrected chi connectivity index (χ0v) is 17.2. The number of carboxylic acids is 1. The lowest BCUT2D eigenvalue weighted by molar-refractivity contribution is -0.137. The Kier molecular flexibility index (Phi) is 6.64. The van der Waals surface area contributed by atoms with Gasteiger partial charge in [0.15, 0.2) is 11.5 Å². The van der Waals surface area contributed by atoms with Gasteiger partial charge in [0.25, 0.3) is 0 Å². The Morgan fingerprint density at radius 2 is 1.97 bits per heavy atom. The SMILES string of the molecule is COc1ccc([C@H](C)N)cc1OC.O=C(O)C[C@H]1CCc2ccc3c(c21)CCO3. The number of hydrogen-bond acceptors (Lipinski definition) is 5. The van der Waals surface area contributed by atoms with Crippen LogP contribution in [0, 0.1) is 0 Å². The van der Waals surface area contributed by atoms with Crippen LogP contribution in [0.4, 0.5) is 0 Å². The molecule has 0 fully saturated rings. The van der Waals surface area contributed by atoms with Gasteiger partial charge in [-0.05, 0) is 60.6 Å². The second-order valence-corrected chi connectivity index (χ2v) is 7.45. The maximum absolute atomic E-state index is 10.8. The third-order valence-corrected chi connectivity index (χ3v) is 5.54. The van der Waals surface area contributed by atoms with Crippen molar-refractivity contribution in [3.05, 3.63) is 52.6 Å². The molecule has 0 aromatic heterocycles. The fourth-order valence-electron chi connectivity index (χ4n) is 4.10. The molecule has 4 rings (SSSR count). The number of hydrogen-bond donors (Lipinski definition) is 2. The molecule has 1 heterocycles. The van der Waals surface area contributed by atoms with E-state index >= 15 is 0 Å². The zero-order valence-electron chi connectivity index (χ0n) is 17.2. The Morgan fingerprint density at radius 1 is 1.21 bits per heavy atom. The van der Waals surface area contributed by atoms with Gasteiger partial charge in [-0.3, -0.25) is 4.79 Å². The molecule has 29 heavy (non-hydrogen) atoms. The van der Waals surface area contributed by atoms with Gasteiger partial charge in [0.2, 0.25) is 0 Å². The standard InChI is InChI=1S/C13H14O3.C10H15NO2/c14-12(15)7-9-2-1-8-3-4-11-10(13(8)9)5-6-16-11;1-7(11)8-4-5-9(12-2)10(6-8)13-3/h3-4,9H,1-2,5-7H2,(H,14,15);4-7H,11H2,1-3H3/t9-;7-/m10/s1. The number of aliphatic carboxylic acids is 1. The van der Waals surface area contributed by atoms with E-state index in [1.807, 2.05) is 31.2 Å². The van der Waals surface area contributed by atoms with Crippen LogP contribution in [0.15, 0.2) is 30.3 Å². The molecule has 0 bridgehead atoms. The van der Waals surface area contributed by atoms with Gasteiger partial charge in [0.05, 0.1) is 27.2 Å². The van der Waals surface area contributed by atoms with Gasteiger partial charge in [-0.15, -0.1) is 0 Å². The van der Waals surface area contributed by atoms with Crippen LogP contribution in [0.1, 0.15) is 54.0 Å². The molecule has 0 spiro atoms. The van der Waals surface area contributed by atoms with E-state index in [1.165, 1.54) is 16.7 Å². The summed E-state index contributed by atoms with van der Waals surface area (Å²) >= 11 is 0. The summed E-state index contributed by atoms with van der Waals surface area (Å²) in [6, 6.07) is 9.83. The maximum Gasteiger partial charge on any atom is 0.303 e. The lowest BCUT2D eigenvalue weighted by Gasteiger charge is -2.12. The summed E-state index contributed by atoms with van der Waals surface area (Å²) < 4.78 is 15.8. The number of fused-ring (bicyclic) bond motifs is 3. The molecule has 0 saturated carbocycles. The number of ether oxygens (including phenoxy) is 3. The van der Waals surface area contributed by atoms with E-state index < -0.39 is 5.97 Å². The van der Waals surface area contributed by atoms with Crippen LogP contribution >= 0.6 is 0 Å². The molecule has 2 aromatic carbocycles. The summed E-state index contributed by atoms with van der Waals surface area (Å²) in [5, 5.41) is 8.92. The van der Waals surface area contributed by atoms with Gasteiger partial charge in [0, 0.05) is 18.0 Å². The fourth-order valence-corrected chi connectivity index (χ4v) is 4.10. The number of nitrogens with two attached hydrogens (primary N) is 1. The van der Waals surface area contributed by atoms with Crippen molar-refractivity contribution in [1.82, 2.24) is 0 Å². The van der Waals surface area contributed by atoms with Gasteiger partial charge in [-0.1, -0.05) is 12.1 Å². The normalized spacial score (nSPS) is 17.3. The van der Waals surface area contributed by atoms with Gasteiger partial charge in [-0.2, -0.15) is 0 Å². The van der Waals surface area contributed by atoms with E-state index in [2.05, 4.69) is 6.07 Å². The summed E-state index contributed by atoms with van der Waals surface area (Å²) in [6.45, 7) is 2.67. The average molecular weight is 399 g/mol. The molecule has 1 aliphatic heterocycles.